The molecule has 42 valence electrons. The van der Waals surface area contributed by atoms with Gasteiger partial charge in [-0.15, -0.1) is 0 Å². The van der Waals surface area contributed by atoms with Crippen molar-refractivity contribution < 1.29 is 21.2 Å². The molecule has 0 fully saturated rings. The molecule has 0 saturated carbocycles. The van der Waals surface area contributed by atoms with Crippen molar-refractivity contribution in [3.05, 3.63) is 33.9 Å². The second-order valence-corrected chi connectivity index (χ2v) is 3.81. The first-order valence-electron chi connectivity index (χ1n) is 2.48. The summed E-state index contributed by atoms with van der Waals surface area (Å²) in [6, 6.07) is 10.6. The Bertz CT molecular complexity index is 146. The van der Waals surface area contributed by atoms with E-state index >= 15 is 0 Å². The first-order valence-corrected chi connectivity index (χ1v) is 5.71. The van der Waals surface area contributed by atoms with Crippen LogP contribution in [-0.2, 0) is 0 Å². The standard InChI is InChI=1S/C7H8I/c1-8-7-5-3-2-4-6-7/h2-6H,1H3/q+1. The largest absolute Gasteiger partial charge is 0.309 e. The lowest BCUT2D eigenvalue weighted by Gasteiger charge is -1.76. The fraction of sp³-hybridized carbons (Fsp3) is 0.143. The Hall–Kier alpha value is -0.0500. The topological polar surface area (TPSA) is 0 Å². The Labute approximate surface area is 60.2 Å². The Morgan fingerprint density at radius 1 is 1.12 bits per heavy atom. The number of hydrogen-bond acceptors (Lipinski definition) is 0. The van der Waals surface area contributed by atoms with E-state index in [4.69, 9.17) is 0 Å². The van der Waals surface area contributed by atoms with Crippen LogP contribution in [0.15, 0.2) is 30.3 Å². The molecule has 0 N–H and O–H groups in total. The minimum Gasteiger partial charge on any atom is -0.0619 e. The molecule has 0 aliphatic rings. The van der Waals surface area contributed by atoms with Crippen molar-refractivity contribution in [1.29, 1.82) is 0 Å². The van der Waals surface area contributed by atoms with E-state index in [2.05, 4.69) is 35.3 Å². The van der Waals surface area contributed by atoms with E-state index in [0.29, 0.717) is 21.2 Å². The van der Waals surface area contributed by atoms with E-state index in [9.17, 15) is 0 Å². The van der Waals surface area contributed by atoms with Gasteiger partial charge in [-0.05, 0) is 12.1 Å². The zero-order valence-electron chi connectivity index (χ0n) is 4.76. The van der Waals surface area contributed by atoms with Crippen LogP contribution < -0.4 is 21.2 Å². The van der Waals surface area contributed by atoms with Crippen LogP contribution in [0.25, 0.3) is 0 Å². The molecule has 1 heteroatoms. The summed E-state index contributed by atoms with van der Waals surface area (Å²) in [5.74, 6) is 0. The number of rotatable bonds is 1. The van der Waals surface area contributed by atoms with Gasteiger partial charge < -0.3 is 0 Å². The summed E-state index contributed by atoms with van der Waals surface area (Å²) in [7, 11) is 0. The summed E-state index contributed by atoms with van der Waals surface area (Å²) >= 11 is 0.309. The normalized spacial score (nSPS) is 9.12. The van der Waals surface area contributed by atoms with Gasteiger partial charge in [-0.1, -0.05) is 18.2 Å². The van der Waals surface area contributed by atoms with Gasteiger partial charge in [0.2, 0.25) is 0 Å². The molecule has 0 aromatic heterocycles. The van der Waals surface area contributed by atoms with Gasteiger partial charge in [0.05, 0.1) is 0 Å². The zero-order valence-corrected chi connectivity index (χ0v) is 6.92. The number of hydrogen-bond donors (Lipinski definition) is 0. The molecule has 8 heavy (non-hydrogen) atoms. The van der Waals surface area contributed by atoms with Gasteiger partial charge in [0.15, 0.2) is 3.57 Å². The smallest absolute Gasteiger partial charge is 0.0619 e. The Kier molecular flexibility index (Phi) is 2.33. The first kappa shape index (κ1) is 6.08. The first-order chi connectivity index (χ1) is 3.93. The SMILES string of the molecule is C[I+]c1ccccc1. The van der Waals surface area contributed by atoms with Crippen LogP contribution in [0, 0.1) is 3.57 Å². The molecule has 0 atom stereocenters. The molecule has 0 nitrogen and oxygen atoms in total. The fourth-order valence-corrected chi connectivity index (χ4v) is 1.68. The maximum atomic E-state index is 2.27. The Morgan fingerprint density at radius 2 is 1.75 bits per heavy atom. The number of halogens is 1. The molecule has 0 saturated heterocycles. The highest BCUT2D eigenvalue weighted by Gasteiger charge is 1.98. The average Bonchev–Trinajstić information content (AvgIpc) is 1.90. The van der Waals surface area contributed by atoms with Crippen molar-refractivity contribution in [1.82, 2.24) is 0 Å². The minimum atomic E-state index is 0.309. The zero-order chi connectivity index (χ0) is 5.82. The Balaban J connectivity index is 2.83. The number of benzene rings is 1. The summed E-state index contributed by atoms with van der Waals surface area (Å²) < 4.78 is 1.52. The molecule has 0 aliphatic heterocycles. The molecule has 0 heterocycles. The van der Waals surface area contributed by atoms with Crippen molar-refractivity contribution in [3.63, 3.8) is 0 Å². The third-order valence-corrected chi connectivity index (χ3v) is 2.92. The lowest BCUT2D eigenvalue weighted by molar-refractivity contribution is -0.597. The molecule has 0 radical (unpaired) electrons. The van der Waals surface area contributed by atoms with Crippen molar-refractivity contribution in [2.75, 3.05) is 4.93 Å². The van der Waals surface area contributed by atoms with Gasteiger partial charge in [0.25, 0.3) is 0 Å². The third-order valence-electron chi connectivity index (χ3n) is 0.951. The molecule has 1 aromatic carbocycles. The third kappa shape index (κ3) is 1.47. The Morgan fingerprint density at radius 3 is 2.12 bits per heavy atom. The van der Waals surface area contributed by atoms with Crippen LogP contribution in [-0.4, -0.2) is 4.93 Å². The van der Waals surface area contributed by atoms with Gasteiger partial charge in [0, 0.05) is 0 Å². The average molecular weight is 219 g/mol. The quantitative estimate of drug-likeness (QED) is 0.401. The lowest BCUT2D eigenvalue weighted by Crippen LogP contribution is -3.60. The van der Waals surface area contributed by atoms with Crippen LogP contribution in [0.3, 0.4) is 0 Å². The molecule has 0 unspecified atom stereocenters. The molecule has 1 aromatic rings. The van der Waals surface area contributed by atoms with E-state index in [1.54, 1.807) is 0 Å². The summed E-state index contributed by atoms with van der Waals surface area (Å²) in [6.45, 7) is 0. The van der Waals surface area contributed by atoms with E-state index < -0.39 is 0 Å². The second-order valence-electron chi connectivity index (χ2n) is 1.48. The van der Waals surface area contributed by atoms with Crippen LogP contribution in [0.1, 0.15) is 0 Å². The van der Waals surface area contributed by atoms with E-state index in [1.165, 1.54) is 3.57 Å². The predicted molar refractivity (Wildman–Crippen MR) is 31.1 cm³/mol. The summed E-state index contributed by atoms with van der Waals surface area (Å²) in [5.41, 5.74) is 0. The van der Waals surface area contributed by atoms with E-state index in [-0.39, 0.29) is 0 Å². The second kappa shape index (κ2) is 3.07. The molecular weight excluding hydrogens is 211 g/mol. The monoisotopic (exact) mass is 219 g/mol. The number of alkyl halides is 1. The van der Waals surface area contributed by atoms with Crippen molar-refractivity contribution in [2.24, 2.45) is 0 Å². The van der Waals surface area contributed by atoms with E-state index in [0.717, 1.165) is 0 Å². The highest BCUT2D eigenvalue weighted by Crippen LogP contribution is 1.81. The van der Waals surface area contributed by atoms with Gasteiger partial charge in [-0.2, -0.15) is 0 Å². The van der Waals surface area contributed by atoms with Gasteiger partial charge in [0.1, 0.15) is 4.93 Å². The highest BCUT2D eigenvalue weighted by atomic mass is 127. The maximum Gasteiger partial charge on any atom is 0.309 e. The van der Waals surface area contributed by atoms with Crippen molar-refractivity contribution >= 4 is 0 Å². The predicted octanol–water partition coefficient (Wildman–Crippen LogP) is -1.42. The summed E-state index contributed by atoms with van der Waals surface area (Å²) in [4.78, 5) is 2.27. The summed E-state index contributed by atoms with van der Waals surface area (Å²) in [6.07, 6.45) is 0. The maximum absolute atomic E-state index is 2.27. The molecule has 0 bridgehead atoms. The summed E-state index contributed by atoms with van der Waals surface area (Å²) in [5, 5.41) is 0. The molecule has 1 rings (SSSR count). The molecule has 0 aliphatic carbocycles. The minimum absolute atomic E-state index is 0.309. The van der Waals surface area contributed by atoms with Crippen LogP contribution >= 0.6 is 0 Å². The highest BCUT2D eigenvalue weighted by molar-refractivity contribution is 4.98. The van der Waals surface area contributed by atoms with Crippen LogP contribution in [0.4, 0.5) is 0 Å². The van der Waals surface area contributed by atoms with Crippen molar-refractivity contribution in [2.45, 2.75) is 0 Å². The van der Waals surface area contributed by atoms with Gasteiger partial charge >= 0.3 is 21.2 Å². The van der Waals surface area contributed by atoms with Crippen LogP contribution in [0.5, 0.6) is 0 Å². The lowest BCUT2D eigenvalue weighted by atomic mass is 10.4. The van der Waals surface area contributed by atoms with Crippen molar-refractivity contribution in [3.8, 4) is 0 Å². The molecule has 0 amide bonds. The molecular formula is C7H8I+. The van der Waals surface area contributed by atoms with Gasteiger partial charge in [-0.25, -0.2) is 0 Å². The fourth-order valence-electron chi connectivity index (χ4n) is 0.541. The van der Waals surface area contributed by atoms with Crippen LogP contribution in [0.2, 0.25) is 0 Å². The van der Waals surface area contributed by atoms with E-state index in [1.807, 2.05) is 0 Å². The molecule has 0 spiro atoms. The van der Waals surface area contributed by atoms with Gasteiger partial charge in [-0.3, -0.25) is 0 Å².